The molecular formula is C23H33N3O5. The first-order valence-corrected chi connectivity index (χ1v) is 10.7. The Hall–Kier alpha value is -2.26. The monoisotopic (exact) mass is 431 g/mol. The number of rotatable bonds is 3. The standard InChI is InChI=1S/C22H31N3O3.CH2O2/c1-15-4-5-16(2)18(12-15)19-17(13-23-24-19)14-25-9-6-22(7-10-25)20(26)21(3,27)8-11-28-22;2-1-3/h4-5,12-13,20,26-27H,6-11,14H2,1-3H3,(H,23,24);1H,(H,2,3)/t20-,21+;/m0./s1. The number of aromatic amines is 1. The number of piperidine rings is 1. The molecule has 2 saturated heterocycles. The minimum atomic E-state index is -1.07. The molecule has 2 atom stereocenters. The molecule has 170 valence electrons. The van der Waals surface area contributed by atoms with E-state index in [4.69, 9.17) is 14.6 Å². The number of hydrogen-bond acceptors (Lipinski definition) is 6. The minimum Gasteiger partial charge on any atom is -0.483 e. The topological polar surface area (TPSA) is 119 Å². The van der Waals surface area contributed by atoms with E-state index in [1.165, 1.54) is 22.3 Å². The number of aliphatic hydroxyl groups is 2. The third kappa shape index (κ3) is 4.98. The van der Waals surface area contributed by atoms with Gasteiger partial charge in [-0.3, -0.25) is 14.8 Å². The molecule has 8 heteroatoms. The first kappa shape index (κ1) is 23.4. The smallest absolute Gasteiger partial charge is 0.290 e. The van der Waals surface area contributed by atoms with Crippen LogP contribution in [0.4, 0.5) is 0 Å². The molecule has 8 nitrogen and oxygen atoms in total. The number of aromatic nitrogens is 2. The van der Waals surface area contributed by atoms with E-state index in [1.807, 2.05) is 6.20 Å². The highest BCUT2D eigenvalue weighted by Crippen LogP contribution is 2.40. The summed E-state index contributed by atoms with van der Waals surface area (Å²) in [5.74, 6) is 0. The molecule has 1 spiro atoms. The molecular weight excluding hydrogens is 398 g/mol. The Bertz CT molecular complexity index is 887. The summed E-state index contributed by atoms with van der Waals surface area (Å²) in [6.45, 7) is 8.65. The average molecular weight is 432 g/mol. The van der Waals surface area contributed by atoms with Gasteiger partial charge in [-0.1, -0.05) is 17.7 Å². The van der Waals surface area contributed by atoms with Crippen molar-refractivity contribution in [1.29, 1.82) is 0 Å². The van der Waals surface area contributed by atoms with Crippen molar-refractivity contribution in [2.24, 2.45) is 0 Å². The number of aliphatic hydroxyl groups excluding tert-OH is 1. The Morgan fingerprint density at radius 2 is 1.97 bits per heavy atom. The van der Waals surface area contributed by atoms with E-state index in [0.29, 0.717) is 13.0 Å². The Morgan fingerprint density at radius 3 is 2.65 bits per heavy atom. The third-order valence-corrected chi connectivity index (χ3v) is 6.56. The molecule has 0 bridgehead atoms. The normalized spacial score (nSPS) is 25.6. The van der Waals surface area contributed by atoms with Crippen LogP contribution in [0.25, 0.3) is 11.3 Å². The van der Waals surface area contributed by atoms with Gasteiger partial charge in [-0.2, -0.15) is 5.10 Å². The second-order valence-corrected chi connectivity index (χ2v) is 8.89. The summed E-state index contributed by atoms with van der Waals surface area (Å²) in [6, 6.07) is 6.48. The van der Waals surface area contributed by atoms with E-state index >= 15 is 0 Å². The van der Waals surface area contributed by atoms with Crippen LogP contribution >= 0.6 is 0 Å². The summed E-state index contributed by atoms with van der Waals surface area (Å²) < 4.78 is 6.00. The zero-order chi connectivity index (χ0) is 22.6. The number of hydrogen-bond donors (Lipinski definition) is 4. The van der Waals surface area contributed by atoms with Gasteiger partial charge in [0.2, 0.25) is 0 Å². The van der Waals surface area contributed by atoms with E-state index in [2.05, 4.69) is 47.1 Å². The van der Waals surface area contributed by atoms with Crippen LogP contribution in [0.2, 0.25) is 0 Å². The first-order valence-electron chi connectivity index (χ1n) is 10.7. The van der Waals surface area contributed by atoms with Gasteiger partial charge in [-0.05, 0) is 45.2 Å². The summed E-state index contributed by atoms with van der Waals surface area (Å²) in [7, 11) is 0. The number of ether oxygens (including phenoxy) is 1. The van der Waals surface area contributed by atoms with Gasteiger partial charge >= 0.3 is 0 Å². The molecule has 31 heavy (non-hydrogen) atoms. The minimum absolute atomic E-state index is 0.250. The predicted octanol–water partition coefficient (Wildman–Crippen LogP) is 2.26. The van der Waals surface area contributed by atoms with Crippen LogP contribution in [0.15, 0.2) is 24.4 Å². The summed E-state index contributed by atoms with van der Waals surface area (Å²) in [4.78, 5) is 10.7. The lowest BCUT2D eigenvalue weighted by molar-refractivity contribution is -0.246. The van der Waals surface area contributed by atoms with Crippen molar-refractivity contribution in [3.63, 3.8) is 0 Å². The van der Waals surface area contributed by atoms with Gasteiger partial charge in [0, 0.05) is 37.2 Å². The molecule has 0 saturated carbocycles. The lowest BCUT2D eigenvalue weighted by atomic mass is 9.75. The van der Waals surface area contributed by atoms with Crippen LogP contribution in [0, 0.1) is 13.8 Å². The van der Waals surface area contributed by atoms with Crippen molar-refractivity contribution in [2.45, 2.75) is 63.9 Å². The molecule has 0 radical (unpaired) electrons. The highest BCUT2D eigenvalue weighted by molar-refractivity contribution is 5.67. The number of benzene rings is 1. The van der Waals surface area contributed by atoms with Crippen molar-refractivity contribution in [1.82, 2.24) is 15.1 Å². The van der Waals surface area contributed by atoms with Crippen molar-refractivity contribution >= 4 is 6.47 Å². The Morgan fingerprint density at radius 1 is 1.29 bits per heavy atom. The molecule has 0 aliphatic carbocycles. The fourth-order valence-corrected chi connectivity index (χ4v) is 4.66. The number of H-pyrrole nitrogens is 1. The van der Waals surface area contributed by atoms with Crippen molar-refractivity contribution in [2.75, 3.05) is 19.7 Å². The lowest BCUT2D eigenvalue weighted by Crippen LogP contribution is -2.64. The largest absolute Gasteiger partial charge is 0.483 e. The van der Waals surface area contributed by atoms with Crippen molar-refractivity contribution in [3.8, 4) is 11.3 Å². The first-order chi connectivity index (χ1) is 14.7. The predicted molar refractivity (Wildman–Crippen MR) is 117 cm³/mol. The van der Waals surface area contributed by atoms with Crippen LogP contribution in [0.5, 0.6) is 0 Å². The highest BCUT2D eigenvalue weighted by atomic mass is 16.5. The molecule has 1 aromatic carbocycles. The van der Waals surface area contributed by atoms with Crippen LogP contribution in [0.1, 0.15) is 42.9 Å². The van der Waals surface area contributed by atoms with Gasteiger partial charge in [0.05, 0.1) is 29.7 Å². The number of nitrogens with one attached hydrogen (secondary N) is 1. The second-order valence-electron chi connectivity index (χ2n) is 8.89. The Balaban J connectivity index is 0.000000858. The maximum Gasteiger partial charge on any atom is 0.290 e. The average Bonchev–Trinajstić information content (AvgIpc) is 3.18. The molecule has 0 unspecified atom stereocenters. The highest BCUT2D eigenvalue weighted by Gasteiger charge is 2.52. The molecule has 3 heterocycles. The summed E-state index contributed by atoms with van der Waals surface area (Å²) in [5.41, 5.74) is 4.24. The number of carboxylic acid groups (broad SMARTS) is 1. The van der Waals surface area contributed by atoms with Gasteiger partial charge in [0.15, 0.2) is 0 Å². The molecule has 2 aliphatic rings. The maximum atomic E-state index is 10.7. The summed E-state index contributed by atoms with van der Waals surface area (Å²) >= 11 is 0. The van der Waals surface area contributed by atoms with E-state index in [1.54, 1.807) is 6.92 Å². The Kier molecular flexibility index (Phi) is 7.16. The molecule has 2 fully saturated rings. The zero-order valence-electron chi connectivity index (χ0n) is 18.5. The number of aryl methyl sites for hydroxylation is 2. The summed E-state index contributed by atoms with van der Waals surface area (Å²) in [6.07, 6.45) is 3.00. The fraction of sp³-hybridized carbons (Fsp3) is 0.565. The van der Waals surface area contributed by atoms with Crippen molar-refractivity contribution in [3.05, 3.63) is 41.1 Å². The fourth-order valence-electron chi connectivity index (χ4n) is 4.66. The van der Waals surface area contributed by atoms with E-state index in [-0.39, 0.29) is 6.47 Å². The van der Waals surface area contributed by atoms with Gasteiger partial charge < -0.3 is 20.1 Å². The van der Waals surface area contributed by atoms with E-state index < -0.39 is 17.3 Å². The molecule has 4 rings (SSSR count). The van der Waals surface area contributed by atoms with Gasteiger partial charge in [-0.15, -0.1) is 0 Å². The molecule has 2 aliphatic heterocycles. The van der Waals surface area contributed by atoms with E-state index in [9.17, 15) is 10.2 Å². The maximum absolute atomic E-state index is 10.7. The molecule has 0 amide bonds. The number of likely N-dealkylation sites (tertiary alicyclic amines) is 1. The number of carbonyl (C=O) groups is 1. The quantitative estimate of drug-likeness (QED) is 0.551. The van der Waals surface area contributed by atoms with Gasteiger partial charge in [0.25, 0.3) is 6.47 Å². The zero-order valence-corrected chi connectivity index (χ0v) is 18.5. The summed E-state index contributed by atoms with van der Waals surface area (Å²) in [5, 5.41) is 35.6. The second kappa shape index (κ2) is 9.48. The van der Waals surface area contributed by atoms with E-state index in [0.717, 1.165) is 38.2 Å². The van der Waals surface area contributed by atoms with Crippen LogP contribution in [-0.4, -0.2) is 73.9 Å². The SMILES string of the molecule is Cc1ccc(C)c(-c2[nH]ncc2CN2CCC3(CC2)OCC[C@@](C)(O)[C@@H]3O)c1.O=CO. The van der Waals surface area contributed by atoms with Crippen molar-refractivity contribution < 1.29 is 24.9 Å². The van der Waals surface area contributed by atoms with Crippen LogP contribution in [-0.2, 0) is 16.1 Å². The van der Waals surface area contributed by atoms with Crippen LogP contribution in [0.3, 0.4) is 0 Å². The number of nitrogens with zero attached hydrogens (tertiary/aromatic N) is 2. The molecule has 1 aromatic heterocycles. The molecule has 4 N–H and O–H groups in total. The molecule has 2 aromatic rings. The Labute approximate surface area is 182 Å². The third-order valence-electron chi connectivity index (χ3n) is 6.56. The van der Waals surface area contributed by atoms with Gasteiger partial charge in [0.1, 0.15) is 6.10 Å². The lowest BCUT2D eigenvalue weighted by Gasteiger charge is -2.51. The van der Waals surface area contributed by atoms with Crippen LogP contribution < -0.4 is 0 Å². The van der Waals surface area contributed by atoms with Gasteiger partial charge in [-0.25, -0.2) is 0 Å².